The second-order valence-electron chi connectivity index (χ2n) is 5.42. The van der Waals surface area contributed by atoms with Crippen molar-refractivity contribution in [3.63, 3.8) is 0 Å². The Bertz CT molecular complexity index is 501. The molecule has 1 aliphatic rings. The molecule has 1 aromatic carbocycles. The van der Waals surface area contributed by atoms with Crippen molar-refractivity contribution in [2.75, 3.05) is 13.6 Å². The van der Waals surface area contributed by atoms with Gasteiger partial charge in [0, 0.05) is 19.6 Å². The number of carbonyl (C=O) groups excluding carboxylic acids is 1. The minimum Gasteiger partial charge on any atom is -0.340 e. The zero-order chi connectivity index (χ0) is 14.4. The van der Waals surface area contributed by atoms with E-state index in [0.29, 0.717) is 24.7 Å². The maximum absolute atomic E-state index is 12.1. The molecule has 1 amide bonds. The van der Waals surface area contributed by atoms with Crippen LogP contribution in [0.5, 0.6) is 0 Å². The monoisotopic (exact) mass is 271 g/mol. The molecule has 0 saturated heterocycles. The van der Waals surface area contributed by atoms with Gasteiger partial charge in [-0.15, -0.1) is 0 Å². The molecule has 1 N–H and O–H groups in total. The van der Waals surface area contributed by atoms with Gasteiger partial charge in [-0.1, -0.05) is 25.0 Å². The first-order chi connectivity index (χ1) is 9.69. The number of amides is 1. The van der Waals surface area contributed by atoms with Gasteiger partial charge in [-0.25, -0.2) is 0 Å². The molecule has 1 saturated carbocycles. The van der Waals surface area contributed by atoms with E-state index in [0.717, 1.165) is 5.56 Å². The van der Waals surface area contributed by atoms with Crippen molar-refractivity contribution >= 4 is 5.91 Å². The normalized spacial score (nSPS) is 15.0. The molecule has 0 unspecified atom stereocenters. The minimum atomic E-state index is 0.0965. The van der Waals surface area contributed by atoms with Gasteiger partial charge in [0.15, 0.2) is 0 Å². The van der Waals surface area contributed by atoms with Crippen LogP contribution in [0.1, 0.15) is 36.8 Å². The van der Waals surface area contributed by atoms with Gasteiger partial charge in [0.2, 0.25) is 5.91 Å². The molecule has 4 nitrogen and oxygen atoms in total. The number of nitrogens with one attached hydrogen (secondary N) is 1. The van der Waals surface area contributed by atoms with Gasteiger partial charge in [0.1, 0.15) is 0 Å². The molecule has 0 aliphatic heterocycles. The predicted octanol–water partition coefficient (Wildman–Crippen LogP) is 2.05. The van der Waals surface area contributed by atoms with Gasteiger partial charge in [-0.3, -0.25) is 4.79 Å². The maximum Gasteiger partial charge on any atom is 0.236 e. The minimum absolute atomic E-state index is 0.0965. The summed E-state index contributed by atoms with van der Waals surface area (Å²) in [6.45, 7) is 0.944. The average Bonchev–Trinajstić information content (AvgIpc) is 2.98. The number of nitrogens with zero attached hydrogens (tertiary/aromatic N) is 2. The van der Waals surface area contributed by atoms with E-state index in [1.54, 1.807) is 18.0 Å². The van der Waals surface area contributed by atoms with Crippen LogP contribution in [0.2, 0.25) is 0 Å². The van der Waals surface area contributed by atoms with Crippen molar-refractivity contribution in [3.8, 4) is 6.07 Å². The third kappa shape index (κ3) is 4.07. The average molecular weight is 271 g/mol. The third-order valence-electron chi connectivity index (χ3n) is 3.80. The summed E-state index contributed by atoms with van der Waals surface area (Å²) in [6, 6.07) is 10.0. The summed E-state index contributed by atoms with van der Waals surface area (Å²) in [7, 11) is 1.80. The summed E-state index contributed by atoms with van der Waals surface area (Å²) >= 11 is 0. The fourth-order valence-electron chi connectivity index (χ4n) is 2.60. The van der Waals surface area contributed by atoms with Crippen molar-refractivity contribution in [2.24, 2.45) is 0 Å². The number of carbonyl (C=O) groups is 1. The first-order valence-electron chi connectivity index (χ1n) is 7.15. The van der Waals surface area contributed by atoms with Crippen LogP contribution in [0.15, 0.2) is 24.3 Å². The molecule has 0 atom stereocenters. The first-order valence-corrected chi connectivity index (χ1v) is 7.15. The zero-order valence-corrected chi connectivity index (χ0v) is 11.9. The van der Waals surface area contributed by atoms with Crippen molar-refractivity contribution in [1.82, 2.24) is 10.2 Å². The Hall–Kier alpha value is -1.86. The Kier molecular flexibility index (Phi) is 5.14. The van der Waals surface area contributed by atoms with E-state index in [1.165, 1.54) is 25.7 Å². The highest BCUT2D eigenvalue weighted by atomic mass is 16.2. The van der Waals surface area contributed by atoms with Crippen molar-refractivity contribution in [2.45, 2.75) is 38.3 Å². The van der Waals surface area contributed by atoms with Crippen LogP contribution >= 0.6 is 0 Å². The molecular formula is C16H21N3O. The van der Waals surface area contributed by atoms with E-state index < -0.39 is 0 Å². The molecule has 2 rings (SSSR count). The van der Waals surface area contributed by atoms with E-state index >= 15 is 0 Å². The standard InChI is InChI=1S/C16H21N3O/c1-19(12-14-6-4-5-13(9-14)10-17)16(20)11-18-15-7-2-3-8-15/h4-6,9,15,18H,2-3,7-8,11-12H2,1H3. The summed E-state index contributed by atoms with van der Waals surface area (Å²) in [4.78, 5) is 13.8. The van der Waals surface area contributed by atoms with Crippen molar-refractivity contribution in [1.29, 1.82) is 5.26 Å². The summed E-state index contributed by atoms with van der Waals surface area (Å²) in [5, 5.41) is 12.2. The molecule has 1 aromatic rings. The molecule has 0 spiro atoms. The molecule has 0 bridgehead atoms. The van der Waals surface area contributed by atoms with Crippen LogP contribution in [-0.4, -0.2) is 30.4 Å². The molecule has 106 valence electrons. The molecule has 4 heteroatoms. The smallest absolute Gasteiger partial charge is 0.236 e. The van der Waals surface area contributed by atoms with E-state index in [4.69, 9.17) is 5.26 Å². The van der Waals surface area contributed by atoms with Gasteiger partial charge >= 0.3 is 0 Å². The number of likely N-dealkylation sites (N-methyl/N-ethyl adjacent to an activating group) is 1. The van der Waals surface area contributed by atoms with E-state index in [-0.39, 0.29) is 5.91 Å². The van der Waals surface area contributed by atoms with Crippen LogP contribution in [0.4, 0.5) is 0 Å². The van der Waals surface area contributed by atoms with Gasteiger partial charge in [-0.2, -0.15) is 5.26 Å². The highest BCUT2D eigenvalue weighted by Crippen LogP contribution is 2.17. The lowest BCUT2D eigenvalue weighted by Crippen LogP contribution is -2.38. The molecule has 20 heavy (non-hydrogen) atoms. The molecule has 0 heterocycles. The first kappa shape index (κ1) is 14.5. The largest absolute Gasteiger partial charge is 0.340 e. The summed E-state index contributed by atoms with van der Waals surface area (Å²) < 4.78 is 0. The predicted molar refractivity (Wildman–Crippen MR) is 77.9 cm³/mol. The van der Waals surface area contributed by atoms with Crippen LogP contribution < -0.4 is 5.32 Å². The van der Waals surface area contributed by atoms with E-state index in [9.17, 15) is 4.79 Å². The summed E-state index contributed by atoms with van der Waals surface area (Å²) in [5.41, 5.74) is 1.62. The number of nitriles is 1. The second-order valence-corrected chi connectivity index (χ2v) is 5.42. The van der Waals surface area contributed by atoms with Gasteiger partial charge < -0.3 is 10.2 Å². The number of hydrogen-bond acceptors (Lipinski definition) is 3. The molecule has 0 aromatic heterocycles. The summed E-state index contributed by atoms with van der Waals surface area (Å²) in [6.07, 6.45) is 4.90. The van der Waals surface area contributed by atoms with E-state index in [1.807, 2.05) is 18.2 Å². The van der Waals surface area contributed by atoms with Crippen LogP contribution in [0, 0.1) is 11.3 Å². The zero-order valence-electron chi connectivity index (χ0n) is 11.9. The third-order valence-corrected chi connectivity index (χ3v) is 3.80. The van der Waals surface area contributed by atoms with Crippen LogP contribution in [0.25, 0.3) is 0 Å². The quantitative estimate of drug-likeness (QED) is 0.891. The Morgan fingerprint density at radius 1 is 1.45 bits per heavy atom. The Labute approximate surface area is 120 Å². The van der Waals surface area contributed by atoms with Crippen molar-refractivity contribution < 1.29 is 4.79 Å². The van der Waals surface area contributed by atoms with Gasteiger partial charge in [0.25, 0.3) is 0 Å². The lowest BCUT2D eigenvalue weighted by molar-refractivity contribution is -0.129. The molecule has 1 fully saturated rings. The van der Waals surface area contributed by atoms with Crippen LogP contribution in [0.3, 0.4) is 0 Å². The highest BCUT2D eigenvalue weighted by molar-refractivity contribution is 5.78. The van der Waals surface area contributed by atoms with Gasteiger partial charge in [0.05, 0.1) is 18.2 Å². The molecule has 0 radical (unpaired) electrons. The Morgan fingerprint density at radius 2 is 2.20 bits per heavy atom. The lowest BCUT2D eigenvalue weighted by Gasteiger charge is -2.19. The van der Waals surface area contributed by atoms with Gasteiger partial charge in [-0.05, 0) is 30.5 Å². The van der Waals surface area contributed by atoms with Crippen molar-refractivity contribution in [3.05, 3.63) is 35.4 Å². The Balaban J connectivity index is 1.82. The molecular weight excluding hydrogens is 250 g/mol. The highest BCUT2D eigenvalue weighted by Gasteiger charge is 2.16. The summed E-state index contributed by atoms with van der Waals surface area (Å²) in [5.74, 6) is 0.0965. The Morgan fingerprint density at radius 3 is 2.90 bits per heavy atom. The fourth-order valence-corrected chi connectivity index (χ4v) is 2.60. The number of benzene rings is 1. The lowest BCUT2D eigenvalue weighted by atomic mass is 10.1. The second kappa shape index (κ2) is 7.06. The topological polar surface area (TPSA) is 56.1 Å². The maximum atomic E-state index is 12.1. The number of rotatable bonds is 5. The SMILES string of the molecule is CN(Cc1cccc(C#N)c1)C(=O)CNC1CCCC1. The molecule has 1 aliphatic carbocycles. The van der Waals surface area contributed by atoms with Crippen LogP contribution in [-0.2, 0) is 11.3 Å². The number of hydrogen-bond donors (Lipinski definition) is 1. The fraction of sp³-hybridized carbons (Fsp3) is 0.500. The van der Waals surface area contributed by atoms with E-state index in [2.05, 4.69) is 11.4 Å².